The number of aromatic nitrogens is 1. The number of aliphatic hydroxyl groups is 2. The molecular formula is C31H34N2O4. The third-order valence-corrected chi connectivity index (χ3v) is 6.44. The van der Waals surface area contributed by atoms with Crippen molar-refractivity contribution in [1.29, 1.82) is 0 Å². The average molecular weight is 499 g/mol. The third-order valence-electron chi connectivity index (χ3n) is 6.44. The molecule has 1 unspecified atom stereocenters. The smallest absolute Gasteiger partial charge is 0.245 e. The second-order valence-corrected chi connectivity index (χ2v) is 9.70. The molecule has 0 radical (unpaired) electrons. The number of nitrogens with zero attached hydrogens (tertiary/aromatic N) is 1. The van der Waals surface area contributed by atoms with Crippen molar-refractivity contribution in [3.05, 3.63) is 109 Å². The van der Waals surface area contributed by atoms with Crippen molar-refractivity contribution in [2.45, 2.75) is 38.1 Å². The lowest BCUT2D eigenvalue weighted by atomic mass is 9.99. The van der Waals surface area contributed by atoms with Crippen molar-refractivity contribution < 1.29 is 19.7 Å². The largest absolute Gasteiger partial charge is 0.394 e. The van der Waals surface area contributed by atoms with Crippen molar-refractivity contribution >= 4 is 5.91 Å². The Hall–Kier alpha value is -3.71. The highest BCUT2D eigenvalue weighted by Crippen LogP contribution is 2.26. The van der Waals surface area contributed by atoms with Crippen molar-refractivity contribution in [2.75, 3.05) is 13.2 Å². The summed E-state index contributed by atoms with van der Waals surface area (Å²) in [6.07, 6.45) is 3.78. The Balaban J connectivity index is 1.53. The molecule has 0 fully saturated rings. The van der Waals surface area contributed by atoms with Crippen LogP contribution in [0.5, 0.6) is 0 Å². The van der Waals surface area contributed by atoms with Gasteiger partial charge in [-0.3, -0.25) is 4.79 Å². The lowest BCUT2D eigenvalue weighted by molar-refractivity contribution is -0.129. The van der Waals surface area contributed by atoms with Gasteiger partial charge in [-0.15, -0.1) is 0 Å². The number of hydrogen-bond donors (Lipinski definition) is 3. The molecule has 0 aliphatic heterocycles. The molecule has 2 atom stereocenters. The normalized spacial score (nSPS) is 13.2. The van der Waals surface area contributed by atoms with Crippen LogP contribution in [0.1, 0.15) is 25.5 Å². The molecule has 0 aliphatic rings. The summed E-state index contributed by atoms with van der Waals surface area (Å²) in [5.41, 5.74) is 4.04. The van der Waals surface area contributed by atoms with E-state index in [-0.39, 0.29) is 19.1 Å². The molecule has 1 amide bonds. The van der Waals surface area contributed by atoms with E-state index in [1.807, 2.05) is 71.6 Å². The standard InChI is InChI=1S/C31H34N2O4/c1-31(2,36)29(20-34)32-30(35)28(22-37-21-23-9-5-3-6-10-23)33-18-17-27(19-33)26-15-13-25(14-16-26)24-11-7-4-8-12-24/h3-19,28-29,34,36H,20-22H2,1-2H3,(H,32,35)/t28-,29?/m1/s1. The van der Waals surface area contributed by atoms with Crippen LogP contribution in [0.25, 0.3) is 22.3 Å². The number of rotatable bonds is 11. The summed E-state index contributed by atoms with van der Waals surface area (Å²) < 4.78 is 7.75. The molecule has 4 rings (SSSR count). The number of benzene rings is 3. The van der Waals surface area contributed by atoms with Gasteiger partial charge in [0.15, 0.2) is 0 Å². The Labute approximate surface area is 218 Å². The third kappa shape index (κ3) is 6.95. The first-order chi connectivity index (χ1) is 17.8. The molecule has 6 nitrogen and oxygen atoms in total. The van der Waals surface area contributed by atoms with E-state index in [0.717, 1.165) is 27.8 Å². The van der Waals surface area contributed by atoms with Crippen molar-refractivity contribution in [2.24, 2.45) is 0 Å². The fraction of sp³-hybridized carbons (Fsp3) is 0.258. The lowest BCUT2D eigenvalue weighted by Gasteiger charge is -2.30. The molecule has 3 aromatic carbocycles. The number of carbonyl (C=O) groups excluding carboxylic acids is 1. The highest BCUT2D eigenvalue weighted by molar-refractivity contribution is 5.81. The summed E-state index contributed by atoms with van der Waals surface area (Å²) in [5.74, 6) is -0.337. The molecule has 0 aliphatic carbocycles. The second-order valence-electron chi connectivity index (χ2n) is 9.70. The SMILES string of the molecule is CC(C)(O)C(CO)NC(=O)[C@@H](COCc1ccccc1)n1ccc(-c2ccc(-c3ccccc3)cc2)c1. The predicted molar refractivity (Wildman–Crippen MR) is 146 cm³/mol. The van der Waals surface area contributed by atoms with Crippen LogP contribution in [0.15, 0.2) is 103 Å². The molecule has 3 N–H and O–H groups in total. The number of amides is 1. The molecule has 37 heavy (non-hydrogen) atoms. The van der Waals surface area contributed by atoms with E-state index >= 15 is 0 Å². The van der Waals surface area contributed by atoms with Crippen LogP contribution in [-0.2, 0) is 16.1 Å². The van der Waals surface area contributed by atoms with Gasteiger partial charge in [-0.25, -0.2) is 0 Å². The van der Waals surface area contributed by atoms with Gasteiger partial charge in [-0.05, 0) is 47.7 Å². The van der Waals surface area contributed by atoms with Gasteiger partial charge < -0.3 is 24.8 Å². The quantitative estimate of drug-likeness (QED) is 0.277. The van der Waals surface area contributed by atoms with Crippen LogP contribution in [-0.4, -0.2) is 45.5 Å². The highest BCUT2D eigenvalue weighted by Gasteiger charge is 2.31. The number of ether oxygens (including phenoxy) is 1. The highest BCUT2D eigenvalue weighted by atomic mass is 16.5. The average Bonchev–Trinajstić information content (AvgIpc) is 3.40. The maximum atomic E-state index is 13.3. The zero-order valence-corrected chi connectivity index (χ0v) is 21.2. The minimum absolute atomic E-state index is 0.131. The maximum absolute atomic E-state index is 13.3. The Kier molecular flexibility index (Phi) is 8.56. The van der Waals surface area contributed by atoms with Crippen LogP contribution in [0.2, 0.25) is 0 Å². The van der Waals surface area contributed by atoms with E-state index in [2.05, 4.69) is 41.7 Å². The molecule has 0 saturated heterocycles. The van der Waals surface area contributed by atoms with E-state index in [0.29, 0.717) is 6.61 Å². The predicted octanol–water partition coefficient (Wildman–Crippen LogP) is 4.83. The fourth-order valence-electron chi connectivity index (χ4n) is 4.14. The molecule has 0 spiro atoms. The number of nitrogens with one attached hydrogen (secondary N) is 1. The summed E-state index contributed by atoms with van der Waals surface area (Å²) in [4.78, 5) is 13.3. The van der Waals surface area contributed by atoms with E-state index in [4.69, 9.17) is 4.74 Å². The molecule has 4 aromatic rings. The van der Waals surface area contributed by atoms with Crippen molar-refractivity contribution in [1.82, 2.24) is 9.88 Å². The first-order valence-electron chi connectivity index (χ1n) is 12.4. The van der Waals surface area contributed by atoms with Crippen molar-refractivity contribution in [3.63, 3.8) is 0 Å². The number of hydrogen-bond acceptors (Lipinski definition) is 4. The molecule has 1 heterocycles. The fourth-order valence-corrected chi connectivity index (χ4v) is 4.14. The molecule has 0 saturated carbocycles. The van der Waals surface area contributed by atoms with Gasteiger partial charge in [0.25, 0.3) is 0 Å². The monoisotopic (exact) mass is 498 g/mol. The van der Waals surface area contributed by atoms with Crippen LogP contribution in [0.3, 0.4) is 0 Å². The van der Waals surface area contributed by atoms with E-state index in [9.17, 15) is 15.0 Å². The van der Waals surface area contributed by atoms with Gasteiger partial charge in [0.1, 0.15) is 6.04 Å². The van der Waals surface area contributed by atoms with Crippen LogP contribution in [0.4, 0.5) is 0 Å². The summed E-state index contributed by atoms with van der Waals surface area (Å²) in [6.45, 7) is 3.24. The van der Waals surface area contributed by atoms with Gasteiger partial charge in [0.2, 0.25) is 5.91 Å². The zero-order valence-electron chi connectivity index (χ0n) is 21.2. The Morgan fingerprint density at radius 1 is 0.865 bits per heavy atom. The summed E-state index contributed by atoms with van der Waals surface area (Å²) in [5, 5.41) is 22.9. The Morgan fingerprint density at radius 3 is 2.03 bits per heavy atom. The second kappa shape index (κ2) is 12.0. The Bertz CT molecular complexity index is 1260. The zero-order chi connectivity index (χ0) is 26.3. The van der Waals surface area contributed by atoms with Gasteiger partial charge in [-0.1, -0.05) is 84.9 Å². The lowest BCUT2D eigenvalue weighted by Crippen LogP contribution is -2.53. The summed E-state index contributed by atoms with van der Waals surface area (Å²) >= 11 is 0. The van der Waals surface area contributed by atoms with Crippen LogP contribution >= 0.6 is 0 Å². The minimum atomic E-state index is -1.28. The molecular weight excluding hydrogens is 464 g/mol. The minimum Gasteiger partial charge on any atom is -0.394 e. The van der Waals surface area contributed by atoms with Gasteiger partial charge in [-0.2, -0.15) is 0 Å². The topological polar surface area (TPSA) is 83.7 Å². The van der Waals surface area contributed by atoms with Gasteiger partial charge >= 0.3 is 0 Å². The summed E-state index contributed by atoms with van der Waals surface area (Å²) in [6, 6.07) is 28.8. The molecule has 1 aromatic heterocycles. The van der Waals surface area contributed by atoms with Gasteiger partial charge in [0.05, 0.1) is 31.5 Å². The first-order valence-corrected chi connectivity index (χ1v) is 12.4. The maximum Gasteiger partial charge on any atom is 0.245 e. The molecule has 0 bridgehead atoms. The number of aliphatic hydroxyl groups excluding tert-OH is 1. The van der Waals surface area contributed by atoms with Crippen LogP contribution in [0, 0.1) is 0 Å². The Morgan fingerprint density at radius 2 is 1.43 bits per heavy atom. The summed E-state index contributed by atoms with van der Waals surface area (Å²) in [7, 11) is 0. The van der Waals surface area contributed by atoms with Gasteiger partial charge in [0, 0.05) is 12.4 Å². The van der Waals surface area contributed by atoms with E-state index < -0.39 is 17.7 Å². The molecule has 192 valence electrons. The van der Waals surface area contributed by atoms with Crippen LogP contribution < -0.4 is 5.32 Å². The van der Waals surface area contributed by atoms with E-state index in [1.54, 1.807) is 13.8 Å². The van der Waals surface area contributed by atoms with Crippen molar-refractivity contribution in [3.8, 4) is 22.3 Å². The van der Waals surface area contributed by atoms with E-state index in [1.165, 1.54) is 0 Å². The number of carbonyl (C=O) groups is 1. The first kappa shape index (κ1) is 26.4. The molecule has 6 heteroatoms.